The minimum absolute atomic E-state index is 0.145. The molecule has 0 bridgehead atoms. The number of alkyl halides is 2. The van der Waals surface area contributed by atoms with E-state index in [2.05, 4.69) is 4.98 Å². The molecule has 0 unspecified atom stereocenters. The van der Waals surface area contributed by atoms with E-state index in [0.717, 1.165) is 12.1 Å². The van der Waals surface area contributed by atoms with Gasteiger partial charge in [-0.05, 0) is 6.42 Å². The SMILES string of the molecule is CCc1csc(N(CCO)CC(F)F)n1. The molecule has 3 nitrogen and oxygen atoms in total. The van der Waals surface area contributed by atoms with Gasteiger partial charge in [-0.3, -0.25) is 0 Å². The van der Waals surface area contributed by atoms with Gasteiger partial charge in [-0.2, -0.15) is 0 Å². The average Bonchev–Trinajstić information content (AvgIpc) is 2.64. The fourth-order valence-electron chi connectivity index (χ4n) is 1.16. The second-order valence-electron chi connectivity index (χ2n) is 3.04. The molecule has 0 amide bonds. The van der Waals surface area contributed by atoms with Crippen LogP contribution in [0.4, 0.5) is 13.9 Å². The molecule has 1 aromatic rings. The van der Waals surface area contributed by atoms with Crippen molar-refractivity contribution in [2.75, 3.05) is 24.6 Å². The van der Waals surface area contributed by atoms with Crippen molar-refractivity contribution in [3.8, 4) is 0 Å². The summed E-state index contributed by atoms with van der Waals surface area (Å²) in [6.45, 7) is 1.63. The molecule has 86 valence electrons. The molecule has 15 heavy (non-hydrogen) atoms. The molecule has 0 spiro atoms. The Morgan fingerprint density at radius 2 is 2.33 bits per heavy atom. The fraction of sp³-hybridized carbons (Fsp3) is 0.667. The quantitative estimate of drug-likeness (QED) is 0.817. The number of hydrogen-bond donors (Lipinski definition) is 1. The zero-order valence-electron chi connectivity index (χ0n) is 8.49. The summed E-state index contributed by atoms with van der Waals surface area (Å²) in [4.78, 5) is 5.61. The van der Waals surface area contributed by atoms with Crippen LogP contribution in [-0.4, -0.2) is 36.2 Å². The summed E-state index contributed by atoms with van der Waals surface area (Å²) >= 11 is 1.33. The van der Waals surface area contributed by atoms with E-state index >= 15 is 0 Å². The van der Waals surface area contributed by atoms with E-state index in [9.17, 15) is 8.78 Å². The predicted molar refractivity (Wildman–Crippen MR) is 56.8 cm³/mol. The van der Waals surface area contributed by atoms with Gasteiger partial charge in [0, 0.05) is 11.9 Å². The van der Waals surface area contributed by atoms with Crippen LogP contribution in [0, 0.1) is 0 Å². The lowest BCUT2D eigenvalue weighted by atomic mass is 10.4. The third-order valence-corrected chi connectivity index (χ3v) is 2.85. The highest BCUT2D eigenvalue weighted by atomic mass is 32.1. The number of thiazole rings is 1. The van der Waals surface area contributed by atoms with E-state index in [-0.39, 0.29) is 19.7 Å². The van der Waals surface area contributed by atoms with Crippen LogP contribution in [0.1, 0.15) is 12.6 Å². The zero-order valence-corrected chi connectivity index (χ0v) is 9.31. The Morgan fingerprint density at radius 3 is 2.80 bits per heavy atom. The zero-order chi connectivity index (χ0) is 11.3. The van der Waals surface area contributed by atoms with Crippen LogP contribution in [-0.2, 0) is 6.42 Å². The number of anilines is 1. The van der Waals surface area contributed by atoms with Gasteiger partial charge in [0.2, 0.25) is 0 Å². The number of aromatic nitrogens is 1. The van der Waals surface area contributed by atoms with Gasteiger partial charge < -0.3 is 10.0 Å². The van der Waals surface area contributed by atoms with E-state index < -0.39 is 6.43 Å². The highest BCUT2D eigenvalue weighted by molar-refractivity contribution is 7.13. The van der Waals surface area contributed by atoms with Gasteiger partial charge >= 0.3 is 0 Å². The van der Waals surface area contributed by atoms with E-state index in [1.807, 2.05) is 12.3 Å². The number of rotatable bonds is 6. The molecule has 0 saturated heterocycles. The highest BCUT2D eigenvalue weighted by Gasteiger charge is 2.15. The average molecular weight is 236 g/mol. The second-order valence-corrected chi connectivity index (χ2v) is 3.87. The Morgan fingerprint density at radius 1 is 1.60 bits per heavy atom. The van der Waals surface area contributed by atoms with Crippen LogP contribution >= 0.6 is 11.3 Å². The van der Waals surface area contributed by atoms with Crippen molar-refractivity contribution in [2.45, 2.75) is 19.8 Å². The Bertz CT molecular complexity index is 293. The fourth-order valence-corrected chi connectivity index (χ4v) is 2.10. The van der Waals surface area contributed by atoms with E-state index in [1.54, 1.807) is 0 Å². The normalized spacial score (nSPS) is 11.0. The van der Waals surface area contributed by atoms with Gasteiger partial charge in [-0.15, -0.1) is 11.3 Å². The molecule has 0 aliphatic rings. The minimum atomic E-state index is -2.41. The van der Waals surface area contributed by atoms with Crippen LogP contribution in [0.15, 0.2) is 5.38 Å². The van der Waals surface area contributed by atoms with Crippen molar-refractivity contribution < 1.29 is 13.9 Å². The molecule has 0 aliphatic heterocycles. The number of hydrogen-bond acceptors (Lipinski definition) is 4. The van der Waals surface area contributed by atoms with Crippen molar-refractivity contribution in [3.05, 3.63) is 11.1 Å². The van der Waals surface area contributed by atoms with Crippen LogP contribution in [0.3, 0.4) is 0 Å². The van der Waals surface area contributed by atoms with Gasteiger partial charge in [0.05, 0.1) is 18.8 Å². The summed E-state index contributed by atoms with van der Waals surface area (Å²) in [5, 5.41) is 11.2. The van der Waals surface area contributed by atoms with Gasteiger partial charge in [-0.1, -0.05) is 6.92 Å². The summed E-state index contributed by atoms with van der Waals surface area (Å²) in [7, 11) is 0. The summed E-state index contributed by atoms with van der Waals surface area (Å²) in [5.74, 6) is 0. The van der Waals surface area contributed by atoms with Crippen molar-refractivity contribution in [1.29, 1.82) is 0 Å². The largest absolute Gasteiger partial charge is 0.395 e. The summed E-state index contributed by atoms with van der Waals surface area (Å²) in [6.07, 6.45) is -1.62. The lowest BCUT2D eigenvalue weighted by Gasteiger charge is -2.19. The van der Waals surface area contributed by atoms with Crippen molar-refractivity contribution in [1.82, 2.24) is 4.98 Å². The standard InChI is InChI=1S/C9H14F2N2OS/c1-2-7-6-15-9(12-7)13(3-4-14)5-8(10)11/h6,8,14H,2-5H2,1H3. The first-order valence-corrected chi connectivity index (χ1v) is 5.63. The molecule has 1 N–H and O–H groups in total. The third-order valence-electron chi connectivity index (χ3n) is 1.90. The smallest absolute Gasteiger partial charge is 0.255 e. The molecule has 1 aromatic heterocycles. The number of halogens is 2. The van der Waals surface area contributed by atoms with Crippen molar-refractivity contribution >= 4 is 16.5 Å². The Hall–Kier alpha value is -0.750. The first-order valence-electron chi connectivity index (χ1n) is 4.75. The predicted octanol–water partition coefficient (Wildman–Crippen LogP) is 1.77. The molecular weight excluding hydrogens is 222 g/mol. The molecule has 6 heteroatoms. The van der Waals surface area contributed by atoms with Crippen LogP contribution in [0.25, 0.3) is 0 Å². The van der Waals surface area contributed by atoms with E-state index in [4.69, 9.17) is 5.11 Å². The summed E-state index contributed by atoms with van der Waals surface area (Å²) in [5.41, 5.74) is 0.896. The van der Waals surface area contributed by atoms with Crippen molar-refractivity contribution in [2.24, 2.45) is 0 Å². The van der Waals surface area contributed by atoms with E-state index in [1.165, 1.54) is 16.2 Å². The highest BCUT2D eigenvalue weighted by Crippen LogP contribution is 2.21. The molecule has 0 atom stereocenters. The Kier molecular flexibility index (Phi) is 4.90. The lowest BCUT2D eigenvalue weighted by molar-refractivity contribution is 0.153. The first-order chi connectivity index (χ1) is 7.17. The molecular formula is C9H14F2N2OS. The van der Waals surface area contributed by atoms with Crippen molar-refractivity contribution in [3.63, 3.8) is 0 Å². The molecule has 0 fully saturated rings. The molecule has 1 rings (SSSR count). The molecule has 0 aromatic carbocycles. The van der Waals surface area contributed by atoms with Crippen LogP contribution < -0.4 is 4.90 Å². The van der Waals surface area contributed by atoms with Crippen LogP contribution in [0.2, 0.25) is 0 Å². The van der Waals surface area contributed by atoms with E-state index in [0.29, 0.717) is 5.13 Å². The number of aryl methyl sites for hydroxylation is 1. The summed E-state index contributed by atoms with van der Waals surface area (Å²) < 4.78 is 24.5. The monoisotopic (exact) mass is 236 g/mol. The Labute approximate surface area is 91.4 Å². The van der Waals surface area contributed by atoms with Crippen LogP contribution in [0.5, 0.6) is 0 Å². The van der Waals surface area contributed by atoms with Gasteiger partial charge in [0.1, 0.15) is 0 Å². The summed E-state index contributed by atoms with van der Waals surface area (Å²) in [6, 6.07) is 0. The third kappa shape index (κ3) is 3.71. The molecule has 0 saturated carbocycles. The lowest BCUT2D eigenvalue weighted by Crippen LogP contribution is -2.31. The minimum Gasteiger partial charge on any atom is -0.395 e. The molecule has 0 aliphatic carbocycles. The maximum absolute atomic E-state index is 12.2. The van der Waals surface area contributed by atoms with Gasteiger partial charge in [-0.25, -0.2) is 13.8 Å². The maximum atomic E-state index is 12.2. The number of aliphatic hydroxyl groups is 1. The number of aliphatic hydroxyl groups excluding tert-OH is 1. The topological polar surface area (TPSA) is 36.4 Å². The molecule has 1 heterocycles. The van der Waals surface area contributed by atoms with Gasteiger partial charge in [0.15, 0.2) is 5.13 Å². The first kappa shape index (κ1) is 12.3. The number of nitrogens with zero attached hydrogens (tertiary/aromatic N) is 2. The second kappa shape index (κ2) is 5.97. The maximum Gasteiger partial charge on any atom is 0.255 e. The molecule has 0 radical (unpaired) electrons. The van der Waals surface area contributed by atoms with Gasteiger partial charge in [0.25, 0.3) is 6.43 Å². The Balaban J connectivity index is 2.69.